The van der Waals surface area contributed by atoms with E-state index < -0.39 is 0 Å². The zero-order chi connectivity index (χ0) is 16.8. The van der Waals surface area contributed by atoms with Crippen LogP contribution >= 0.6 is 0 Å². The smallest absolute Gasteiger partial charge is 0.0574 e. The van der Waals surface area contributed by atoms with Crippen molar-refractivity contribution in [2.24, 2.45) is 0 Å². The summed E-state index contributed by atoms with van der Waals surface area (Å²) in [7, 11) is 0. The first-order valence-corrected chi connectivity index (χ1v) is 7.59. The third kappa shape index (κ3) is 3.87. The van der Waals surface area contributed by atoms with Gasteiger partial charge in [0, 0.05) is 22.1 Å². The van der Waals surface area contributed by atoms with Gasteiger partial charge in [0.2, 0.25) is 0 Å². The van der Waals surface area contributed by atoms with Gasteiger partial charge in [0.1, 0.15) is 0 Å². The van der Waals surface area contributed by atoms with Crippen LogP contribution in [-0.4, -0.2) is 10.2 Å². The van der Waals surface area contributed by atoms with Crippen LogP contribution in [0.15, 0.2) is 85.2 Å². The van der Waals surface area contributed by atoms with Crippen LogP contribution in [0.1, 0.15) is 0 Å². The van der Waals surface area contributed by atoms with Crippen molar-refractivity contribution >= 4 is 22.1 Å². The molecule has 0 radical (unpaired) electrons. The first-order valence-electron chi connectivity index (χ1n) is 7.59. The molecule has 118 valence electrons. The Balaban J connectivity index is 0.000000149. The van der Waals surface area contributed by atoms with Crippen LogP contribution < -0.4 is 11.5 Å². The van der Waals surface area contributed by atoms with Crippen LogP contribution in [0.3, 0.4) is 0 Å². The van der Waals surface area contributed by atoms with Gasteiger partial charge in [-0.1, -0.05) is 48.5 Å². The molecule has 4 rings (SSSR count). The van der Waals surface area contributed by atoms with E-state index in [4.69, 9.17) is 11.5 Å². The molecule has 24 heavy (non-hydrogen) atoms. The summed E-state index contributed by atoms with van der Waals surface area (Å²) in [4.78, 5) is 0. The molecule has 4 heteroatoms. The molecular weight excluding hydrogens is 296 g/mol. The SMILES string of the molecule is Nc1ccc(-c2ccc(N)cc2)cc1.c1ccc2cnncc2c1. The van der Waals surface area contributed by atoms with Gasteiger partial charge < -0.3 is 11.5 Å². The maximum Gasteiger partial charge on any atom is 0.0574 e. The Morgan fingerprint density at radius 1 is 0.500 bits per heavy atom. The Morgan fingerprint density at radius 3 is 1.25 bits per heavy atom. The fourth-order valence-electron chi connectivity index (χ4n) is 2.29. The number of hydrogen-bond acceptors (Lipinski definition) is 4. The van der Waals surface area contributed by atoms with Crippen LogP contribution in [-0.2, 0) is 0 Å². The third-order valence-electron chi connectivity index (χ3n) is 3.61. The second kappa shape index (κ2) is 7.24. The van der Waals surface area contributed by atoms with Crippen LogP contribution in [0.2, 0.25) is 0 Å². The lowest BCUT2D eigenvalue weighted by molar-refractivity contribution is 1.05. The van der Waals surface area contributed by atoms with E-state index in [0.29, 0.717) is 0 Å². The summed E-state index contributed by atoms with van der Waals surface area (Å²) in [6, 6.07) is 23.6. The number of nitrogen functional groups attached to an aromatic ring is 2. The lowest BCUT2D eigenvalue weighted by Gasteiger charge is -2.02. The van der Waals surface area contributed by atoms with Crippen molar-refractivity contribution in [3.05, 3.63) is 85.2 Å². The largest absolute Gasteiger partial charge is 0.399 e. The topological polar surface area (TPSA) is 77.8 Å². The first-order chi connectivity index (χ1) is 11.7. The van der Waals surface area contributed by atoms with Gasteiger partial charge in [-0.15, -0.1) is 0 Å². The predicted molar refractivity (Wildman–Crippen MR) is 100 cm³/mol. The van der Waals surface area contributed by atoms with Gasteiger partial charge in [-0.05, 0) is 35.4 Å². The van der Waals surface area contributed by atoms with Crippen molar-refractivity contribution < 1.29 is 0 Å². The molecule has 1 heterocycles. The van der Waals surface area contributed by atoms with Gasteiger partial charge in [0.15, 0.2) is 0 Å². The van der Waals surface area contributed by atoms with E-state index in [1.807, 2.05) is 72.8 Å². The summed E-state index contributed by atoms with van der Waals surface area (Å²) in [6.07, 6.45) is 3.52. The summed E-state index contributed by atoms with van der Waals surface area (Å²) in [5.41, 5.74) is 15.1. The number of aromatic nitrogens is 2. The molecule has 0 aliphatic carbocycles. The third-order valence-corrected chi connectivity index (χ3v) is 3.61. The quantitative estimate of drug-likeness (QED) is 0.517. The molecule has 0 aliphatic heterocycles. The van der Waals surface area contributed by atoms with E-state index in [1.54, 1.807) is 12.4 Å². The highest BCUT2D eigenvalue weighted by Gasteiger charge is 1.95. The van der Waals surface area contributed by atoms with E-state index in [1.165, 1.54) is 0 Å². The molecule has 0 spiro atoms. The molecule has 0 fully saturated rings. The molecule has 0 amide bonds. The second-order valence-corrected chi connectivity index (χ2v) is 5.36. The number of rotatable bonds is 1. The molecule has 4 N–H and O–H groups in total. The van der Waals surface area contributed by atoms with Crippen molar-refractivity contribution in [1.29, 1.82) is 0 Å². The second-order valence-electron chi connectivity index (χ2n) is 5.36. The average Bonchev–Trinajstić information content (AvgIpc) is 2.64. The number of hydrogen-bond donors (Lipinski definition) is 2. The molecule has 4 aromatic rings. The van der Waals surface area contributed by atoms with Crippen molar-refractivity contribution in [2.45, 2.75) is 0 Å². The molecule has 4 nitrogen and oxygen atoms in total. The number of nitrogens with two attached hydrogens (primary N) is 2. The lowest BCUT2D eigenvalue weighted by atomic mass is 10.1. The van der Waals surface area contributed by atoms with E-state index in [9.17, 15) is 0 Å². The molecule has 0 bridgehead atoms. The maximum atomic E-state index is 5.61. The Morgan fingerprint density at radius 2 is 0.875 bits per heavy atom. The summed E-state index contributed by atoms with van der Waals surface area (Å²) in [6.45, 7) is 0. The Kier molecular flexibility index (Phi) is 4.68. The highest BCUT2D eigenvalue weighted by Crippen LogP contribution is 2.21. The molecule has 0 unspecified atom stereocenters. The lowest BCUT2D eigenvalue weighted by Crippen LogP contribution is -1.85. The van der Waals surface area contributed by atoms with E-state index in [2.05, 4.69) is 10.2 Å². The molecule has 0 aliphatic rings. The summed E-state index contributed by atoms with van der Waals surface area (Å²) in [5.74, 6) is 0. The highest BCUT2D eigenvalue weighted by molar-refractivity contribution is 5.80. The molecule has 0 saturated heterocycles. The van der Waals surface area contributed by atoms with Crippen molar-refractivity contribution in [3.8, 4) is 11.1 Å². The monoisotopic (exact) mass is 314 g/mol. The summed E-state index contributed by atoms with van der Waals surface area (Å²) in [5, 5.41) is 9.80. The minimum atomic E-state index is 0.782. The number of nitrogens with zero attached hydrogens (tertiary/aromatic N) is 2. The maximum absolute atomic E-state index is 5.61. The summed E-state index contributed by atoms with van der Waals surface area (Å²) >= 11 is 0. The van der Waals surface area contributed by atoms with Gasteiger partial charge in [0.05, 0.1) is 12.4 Å². The Bertz CT molecular complexity index is 807. The fourth-order valence-corrected chi connectivity index (χ4v) is 2.29. The Labute approximate surface area is 140 Å². The van der Waals surface area contributed by atoms with Crippen molar-refractivity contribution in [2.75, 3.05) is 11.5 Å². The highest BCUT2D eigenvalue weighted by atomic mass is 15.1. The van der Waals surface area contributed by atoms with Crippen molar-refractivity contribution in [1.82, 2.24) is 10.2 Å². The van der Waals surface area contributed by atoms with Crippen molar-refractivity contribution in [3.63, 3.8) is 0 Å². The van der Waals surface area contributed by atoms with Crippen LogP contribution in [0.4, 0.5) is 11.4 Å². The van der Waals surface area contributed by atoms with Gasteiger partial charge in [-0.3, -0.25) is 0 Å². The van der Waals surface area contributed by atoms with E-state index >= 15 is 0 Å². The van der Waals surface area contributed by atoms with E-state index in [0.717, 1.165) is 33.3 Å². The van der Waals surface area contributed by atoms with Gasteiger partial charge in [0.25, 0.3) is 0 Å². The number of fused-ring (bicyclic) bond motifs is 1. The van der Waals surface area contributed by atoms with E-state index in [-0.39, 0.29) is 0 Å². The first kappa shape index (κ1) is 15.5. The molecule has 0 atom stereocenters. The molecule has 1 aromatic heterocycles. The zero-order valence-corrected chi connectivity index (χ0v) is 13.1. The van der Waals surface area contributed by atoms with Gasteiger partial charge in [-0.25, -0.2) is 0 Å². The minimum Gasteiger partial charge on any atom is -0.399 e. The molecule has 3 aromatic carbocycles. The van der Waals surface area contributed by atoms with Gasteiger partial charge in [-0.2, -0.15) is 10.2 Å². The average molecular weight is 314 g/mol. The van der Waals surface area contributed by atoms with Crippen LogP contribution in [0.25, 0.3) is 21.9 Å². The standard InChI is InChI=1S/C12H12N2.C8H6N2/c13-11-5-1-9(2-6-11)10-3-7-12(14)8-4-10;1-2-4-8-6-10-9-5-7(8)3-1/h1-8H,13-14H2;1-6H. The van der Waals surface area contributed by atoms with Crippen LogP contribution in [0.5, 0.6) is 0 Å². The molecular formula is C20H18N4. The van der Waals surface area contributed by atoms with Crippen LogP contribution in [0, 0.1) is 0 Å². The van der Waals surface area contributed by atoms with Gasteiger partial charge >= 0.3 is 0 Å². The summed E-state index contributed by atoms with van der Waals surface area (Å²) < 4.78 is 0. The fraction of sp³-hybridized carbons (Fsp3) is 0. The number of anilines is 2. The minimum absolute atomic E-state index is 0.782. The predicted octanol–water partition coefficient (Wildman–Crippen LogP) is 4.15. The normalized spacial score (nSPS) is 10.0. The molecule has 0 saturated carbocycles. The zero-order valence-electron chi connectivity index (χ0n) is 13.1. The Hall–Kier alpha value is -3.40. The number of benzene rings is 3.